The molecule has 0 aromatic heterocycles. The van der Waals surface area contributed by atoms with Crippen molar-refractivity contribution in [3.63, 3.8) is 0 Å². The van der Waals surface area contributed by atoms with Gasteiger partial charge in [0.2, 0.25) is 0 Å². The molecular formula is C37H30Cl2SiZr-2. The van der Waals surface area contributed by atoms with E-state index < -0.39 is 5.43 Å². The molecule has 0 heterocycles. The third kappa shape index (κ3) is 9.32. The zero-order chi connectivity index (χ0) is 26.7. The molecule has 7 rings (SSSR count). The summed E-state index contributed by atoms with van der Waals surface area (Å²) in [6.45, 7) is 0. The van der Waals surface area contributed by atoms with E-state index in [1.54, 1.807) is 23.3 Å². The topological polar surface area (TPSA) is 0 Å². The molecule has 1 aliphatic carbocycles. The standard InChI is InChI=1S/C13H9.C12H10Si.C12H11.2ClH.Zr/c1-3-7-12-10(5-1)9-11-6-2-4-8-13(11)12;1-3-7-11(8-4-1)13-12-9-5-2-6-10-12;1-2-6-11(7-3-1)10-12-8-4-5-9-12;;;/h1-5,7-8H,9H2;1-10H;1-9H,10H2;2*1H;/q-1;;-1;;;+2/p-2. The Morgan fingerprint density at radius 2 is 1.17 bits per heavy atom. The Morgan fingerprint density at radius 1 is 0.610 bits per heavy atom. The molecule has 0 unspecified atom stereocenters. The van der Waals surface area contributed by atoms with Crippen LogP contribution in [0.2, 0.25) is 0 Å². The molecule has 4 heteroatoms. The first-order valence-corrected chi connectivity index (χ1v) is 18.5. The Bertz CT molecular complexity index is 1510. The van der Waals surface area contributed by atoms with Crippen LogP contribution in [-0.4, -0.2) is 5.43 Å². The predicted octanol–water partition coefficient (Wildman–Crippen LogP) is 1.40. The second kappa shape index (κ2) is 17.2. The van der Waals surface area contributed by atoms with Gasteiger partial charge >= 0.3 is 99.8 Å². The van der Waals surface area contributed by atoms with E-state index in [-0.39, 0.29) is 24.8 Å². The van der Waals surface area contributed by atoms with Crippen molar-refractivity contribution in [3.05, 3.63) is 186 Å². The monoisotopic (exact) mass is 662 g/mol. The SMILES string of the molecule is [Cl-].[Cl-].[Zr+2]=[Si](c1ccccc1)c1ccccc1.[c-]1cccc2c1Cc1ccccc1-2.c1ccc(Cc2cc[cH-]c2)cc1. The maximum Gasteiger partial charge on any atom is -0.0253 e. The van der Waals surface area contributed by atoms with Gasteiger partial charge in [-0.05, 0) is 6.42 Å². The van der Waals surface area contributed by atoms with Crippen LogP contribution < -0.4 is 35.2 Å². The molecule has 0 nitrogen and oxygen atoms in total. The first-order valence-electron chi connectivity index (χ1n) is 13.3. The minimum absolute atomic E-state index is 0. The third-order valence-electron chi connectivity index (χ3n) is 6.72. The summed E-state index contributed by atoms with van der Waals surface area (Å²) < 4.78 is 0. The van der Waals surface area contributed by atoms with E-state index >= 15 is 0 Å². The molecule has 0 spiro atoms. The number of hydrogen-bond donors (Lipinski definition) is 0. The van der Waals surface area contributed by atoms with E-state index in [0.717, 1.165) is 12.8 Å². The Hall–Kier alpha value is -2.87. The third-order valence-corrected chi connectivity index (χ3v) is 12.8. The van der Waals surface area contributed by atoms with Crippen molar-refractivity contribution in [3.8, 4) is 11.1 Å². The Labute approximate surface area is 272 Å². The molecule has 0 saturated heterocycles. The smallest absolute Gasteiger partial charge is 0.0253 e. The minimum Gasteiger partial charge on any atom is -0.210 e. The maximum absolute atomic E-state index is 3.30. The normalized spacial score (nSPS) is 10.2. The minimum atomic E-state index is -0.455. The van der Waals surface area contributed by atoms with Crippen molar-refractivity contribution in [2.45, 2.75) is 12.8 Å². The average molecular weight is 665 g/mol. The molecule has 0 aliphatic heterocycles. The van der Waals surface area contributed by atoms with Gasteiger partial charge in [0.15, 0.2) is 0 Å². The summed E-state index contributed by atoms with van der Waals surface area (Å²) in [7, 11) is 0. The zero-order valence-electron chi connectivity index (χ0n) is 22.7. The second-order valence-corrected chi connectivity index (χ2v) is 15.1. The van der Waals surface area contributed by atoms with Crippen LogP contribution in [0.3, 0.4) is 0 Å². The summed E-state index contributed by atoms with van der Waals surface area (Å²) in [4.78, 5) is 0. The van der Waals surface area contributed by atoms with E-state index in [4.69, 9.17) is 0 Å². The van der Waals surface area contributed by atoms with Gasteiger partial charge in [-0.25, -0.2) is 6.07 Å². The number of benzene rings is 5. The van der Waals surface area contributed by atoms with Crippen LogP contribution in [0.15, 0.2) is 158 Å². The van der Waals surface area contributed by atoms with Gasteiger partial charge in [-0.2, -0.15) is 53.6 Å². The zero-order valence-corrected chi connectivity index (χ0v) is 27.7. The molecule has 0 radical (unpaired) electrons. The Balaban J connectivity index is 0.000000166. The van der Waals surface area contributed by atoms with Gasteiger partial charge in [0.25, 0.3) is 0 Å². The number of halogens is 2. The van der Waals surface area contributed by atoms with Crippen LogP contribution in [0.25, 0.3) is 11.1 Å². The van der Waals surface area contributed by atoms with Gasteiger partial charge in [0, 0.05) is 0 Å². The first kappa shape index (κ1) is 32.6. The quantitative estimate of drug-likeness (QED) is 0.197. The number of rotatable bonds is 4. The van der Waals surface area contributed by atoms with Crippen LogP contribution in [0, 0.1) is 6.07 Å². The average Bonchev–Trinajstić information content (AvgIpc) is 3.67. The van der Waals surface area contributed by atoms with E-state index in [9.17, 15) is 0 Å². The molecule has 0 atom stereocenters. The summed E-state index contributed by atoms with van der Waals surface area (Å²) in [5.74, 6) is 0. The largest absolute Gasteiger partial charge is 0.210 e. The van der Waals surface area contributed by atoms with Gasteiger partial charge in [-0.3, -0.25) is 0 Å². The van der Waals surface area contributed by atoms with Gasteiger partial charge < -0.3 is 24.8 Å². The Morgan fingerprint density at radius 3 is 1.78 bits per heavy atom. The van der Waals surface area contributed by atoms with Crippen molar-refractivity contribution in [1.29, 1.82) is 0 Å². The van der Waals surface area contributed by atoms with E-state index in [1.165, 1.54) is 43.8 Å². The van der Waals surface area contributed by atoms with Crippen molar-refractivity contribution >= 4 is 15.8 Å². The summed E-state index contributed by atoms with van der Waals surface area (Å²) in [6.07, 6.45) is 2.10. The Kier molecular flexibility index (Phi) is 13.7. The molecule has 0 N–H and O–H groups in total. The molecule has 41 heavy (non-hydrogen) atoms. The molecule has 0 amide bonds. The fourth-order valence-electron chi connectivity index (χ4n) is 4.74. The van der Waals surface area contributed by atoms with Gasteiger partial charge in [-0.15, -0.1) is 5.56 Å². The van der Waals surface area contributed by atoms with Crippen molar-refractivity contribution in [2.24, 2.45) is 0 Å². The molecule has 202 valence electrons. The molecule has 6 aromatic rings. The van der Waals surface area contributed by atoms with Gasteiger partial charge in [-0.1, -0.05) is 77.7 Å². The summed E-state index contributed by atoms with van der Waals surface area (Å²) in [6, 6.07) is 58.8. The second-order valence-electron chi connectivity index (χ2n) is 9.46. The fraction of sp³-hybridized carbons (Fsp3) is 0.0541. The van der Waals surface area contributed by atoms with E-state index in [2.05, 4.69) is 158 Å². The van der Waals surface area contributed by atoms with Crippen LogP contribution in [0.1, 0.15) is 22.3 Å². The molecule has 6 aromatic carbocycles. The molecular weight excluding hydrogens is 635 g/mol. The molecule has 0 bridgehead atoms. The van der Waals surface area contributed by atoms with Crippen LogP contribution in [0.4, 0.5) is 0 Å². The van der Waals surface area contributed by atoms with E-state index in [1.807, 2.05) is 6.07 Å². The van der Waals surface area contributed by atoms with Crippen LogP contribution in [0.5, 0.6) is 0 Å². The summed E-state index contributed by atoms with van der Waals surface area (Å²) in [5, 5.41) is 3.03. The molecule has 0 saturated carbocycles. The van der Waals surface area contributed by atoms with Gasteiger partial charge in [0.1, 0.15) is 0 Å². The molecule has 1 aliphatic rings. The molecule has 0 fully saturated rings. The summed E-state index contributed by atoms with van der Waals surface area (Å²) in [5.41, 5.74) is 7.82. The van der Waals surface area contributed by atoms with Crippen LogP contribution in [-0.2, 0) is 36.2 Å². The number of hydrogen-bond acceptors (Lipinski definition) is 0. The van der Waals surface area contributed by atoms with Crippen molar-refractivity contribution in [2.75, 3.05) is 0 Å². The van der Waals surface area contributed by atoms with Gasteiger partial charge in [0.05, 0.1) is 0 Å². The summed E-state index contributed by atoms with van der Waals surface area (Å²) >= 11 is 1.64. The van der Waals surface area contributed by atoms with Crippen molar-refractivity contribution in [1.82, 2.24) is 0 Å². The number of fused-ring (bicyclic) bond motifs is 3. The maximum atomic E-state index is 3.30. The predicted molar refractivity (Wildman–Crippen MR) is 163 cm³/mol. The van der Waals surface area contributed by atoms with Crippen molar-refractivity contribution < 1.29 is 48.1 Å². The fourth-order valence-corrected chi connectivity index (χ4v) is 8.58. The van der Waals surface area contributed by atoms with E-state index in [0.29, 0.717) is 0 Å². The first-order chi connectivity index (χ1) is 19.3. The van der Waals surface area contributed by atoms with Crippen LogP contribution >= 0.6 is 0 Å².